The number of ether oxygens (including phenoxy) is 1. The van der Waals surface area contributed by atoms with Crippen molar-refractivity contribution in [2.45, 2.75) is 25.5 Å². The number of methoxy groups -OCH3 is 1. The minimum Gasteiger partial charge on any atom is -0.453 e. The van der Waals surface area contributed by atoms with Crippen LogP contribution in [0.2, 0.25) is 5.02 Å². The lowest BCUT2D eigenvalue weighted by atomic mass is 10.0. The van der Waals surface area contributed by atoms with E-state index in [4.69, 9.17) is 20.8 Å². The molecule has 0 saturated carbocycles. The molecule has 1 aromatic heterocycles. The predicted octanol–water partition coefficient (Wildman–Crippen LogP) is 4.06. The van der Waals surface area contributed by atoms with Gasteiger partial charge in [0.15, 0.2) is 5.76 Å². The number of furan rings is 1. The predicted molar refractivity (Wildman–Crippen MR) is 83.9 cm³/mol. The number of amides is 1. The van der Waals surface area contributed by atoms with E-state index in [0.29, 0.717) is 23.2 Å². The average molecular weight is 320 g/mol. The van der Waals surface area contributed by atoms with Crippen molar-refractivity contribution < 1.29 is 13.9 Å². The largest absolute Gasteiger partial charge is 0.453 e. The maximum Gasteiger partial charge on any atom is 0.290 e. The molecule has 1 amide bonds. The van der Waals surface area contributed by atoms with Crippen LogP contribution < -0.4 is 0 Å². The Morgan fingerprint density at radius 1 is 1.41 bits per heavy atom. The van der Waals surface area contributed by atoms with Gasteiger partial charge in [0.1, 0.15) is 12.4 Å². The fraction of sp³-hybridized carbons (Fsp3) is 0.353. The zero-order valence-corrected chi connectivity index (χ0v) is 13.2. The fourth-order valence-electron chi connectivity index (χ4n) is 2.92. The summed E-state index contributed by atoms with van der Waals surface area (Å²) in [6, 6.07) is 11.3. The standard InChI is InChI=1S/C17H18ClNO3/c1-21-11-14-7-8-16(22-14)17(20)19-9-3-6-15(19)12-4-2-5-13(18)10-12/h2,4-5,7-8,10,15H,3,6,9,11H2,1H3. The Hall–Kier alpha value is -1.78. The molecule has 2 aromatic rings. The number of carbonyl (C=O) groups excluding carboxylic acids is 1. The van der Waals surface area contributed by atoms with Crippen LogP contribution in [0.15, 0.2) is 40.8 Å². The summed E-state index contributed by atoms with van der Waals surface area (Å²) in [6.07, 6.45) is 1.92. The Morgan fingerprint density at radius 3 is 3.05 bits per heavy atom. The summed E-state index contributed by atoms with van der Waals surface area (Å²) in [5.74, 6) is 0.940. The van der Waals surface area contributed by atoms with Crippen LogP contribution in [0.5, 0.6) is 0 Å². The van der Waals surface area contributed by atoms with E-state index >= 15 is 0 Å². The lowest BCUT2D eigenvalue weighted by Crippen LogP contribution is -2.30. The van der Waals surface area contributed by atoms with Crippen LogP contribution in [-0.4, -0.2) is 24.5 Å². The normalized spacial score (nSPS) is 17.9. The molecule has 116 valence electrons. The maximum atomic E-state index is 12.7. The topological polar surface area (TPSA) is 42.7 Å². The molecule has 1 atom stereocenters. The zero-order valence-electron chi connectivity index (χ0n) is 12.4. The van der Waals surface area contributed by atoms with Gasteiger partial charge in [-0.2, -0.15) is 0 Å². The Morgan fingerprint density at radius 2 is 2.27 bits per heavy atom. The lowest BCUT2D eigenvalue weighted by molar-refractivity contribution is 0.0695. The van der Waals surface area contributed by atoms with E-state index in [-0.39, 0.29) is 11.9 Å². The number of likely N-dealkylation sites (tertiary alicyclic amines) is 1. The van der Waals surface area contributed by atoms with Gasteiger partial charge in [-0.1, -0.05) is 23.7 Å². The zero-order chi connectivity index (χ0) is 15.5. The number of carbonyl (C=O) groups is 1. The smallest absolute Gasteiger partial charge is 0.290 e. The van der Waals surface area contributed by atoms with Crippen molar-refractivity contribution in [2.75, 3.05) is 13.7 Å². The number of hydrogen-bond acceptors (Lipinski definition) is 3. The third-order valence-electron chi connectivity index (χ3n) is 3.91. The van der Waals surface area contributed by atoms with E-state index in [1.165, 1.54) is 0 Å². The minimum absolute atomic E-state index is 0.0576. The van der Waals surface area contributed by atoms with Crippen LogP contribution in [0.1, 0.15) is 40.8 Å². The van der Waals surface area contributed by atoms with Gasteiger partial charge < -0.3 is 14.1 Å². The first-order valence-electron chi connectivity index (χ1n) is 7.33. The molecule has 4 nitrogen and oxygen atoms in total. The van der Waals surface area contributed by atoms with Gasteiger partial charge >= 0.3 is 0 Å². The van der Waals surface area contributed by atoms with Crippen molar-refractivity contribution >= 4 is 17.5 Å². The van der Waals surface area contributed by atoms with Crippen LogP contribution in [0.4, 0.5) is 0 Å². The van der Waals surface area contributed by atoms with Crippen LogP contribution in [0, 0.1) is 0 Å². The molecule has 22 heavy (non-hydrogen) atoms. The Kier molecular flexibility index (Phi) is 4.50. The molecule has 2 heterocycles. The van der Waals surface area contributed by atoms with E-state index < -0.39 is 0 Å². The van der Waals surface area contributed by atoms with Crippen LogP contribution in [0.25, 0.3) is 0 Å². The maximum absolute atomic E-state index is 12.7. The summed E-state index contributed by atoms with van der Waals surface area (Å²) in [6.45, 7) is 1.10. The first-order chi connectivity index (χ1) is 10.7. The second-order valence-electron chi connectivity index (χ2n) is 5.41. The molecule has 1 aliphatic heterocycles. The Bertz CT molecular complexity index is 667. The molecule has 0 aliphatic carbocycles. The second kappa shape index (κ2) is 6.55. The van der Waals surface area contributed by atoms with E-state index in [9.17, 15) is 4.79 Å². The first-order valence-corrected chi connectivity index (χ1v) is 7.71. The summed E-state index contributed by atoms with van der Waals surface area (Å²) in [5.41, 5.74) is 1.07. The number of rotatable bonds is 4. The van der Waals surface area contributed by atoms with E-state index in [2.05, 4.69) is 0 Å². The lowest BCUT2D eigenvalue weighted by Gasteiger charge is -2.24. The second-order valence-corrected chi connectivity index (χ2v) is 5.85. The first kappa shape index (κ1) is 15.1. The van der Waals surface area contributed by atoms with Gasteiger partial charge in [0.05, 0.1) is 6.04 Å². The van der Waals surface area contributed by atoms with Gasteiger partial charge in [-0.05, 0) is 42.7 Å². The fourth-order valence-corrected chi connectivity index (χ4v) is 3.12. The molecule has 3 rings (SSSR count). The Balaban J connectivity index is 1.81. The van der Waals surface area contributed by atoms with E-state index in [1.54, 1.807) is 19.2 Å². The van der Waals surface area contributed by atoms with Crippen LogP contribution in [-0.2, 0) is 11.3 Å². The van der Waals surface area contributed by atoms with Crippen molar-refractivity contribution in [3.63, 3.8) is 0 Å². The molecule has 0 spiro atoms. The molecule has 0 N–H and O–H groups in total. The Labute approximate surface area is 134 Å². The van der Waals surface area contributed by atoms with Gasteiger partial charge in [0.25, 0.3) is 5.91 Å². The third-order valence-corrected chi connectivity index (χ3v) is 4.14. The highest BCUT2D eigenvalue weighted by Gasteiger charge is 2.32. The SMILES string of the molecule is COCc1ccc(C(=O)N2CCCC2c2cccc(Cl)c2)o1. The van der Waals surface area contributed by atoms with Gasteiger partial charge in [-0.25, -0.2) is 0 Å². The van der Waals surface area contributed by atoms with Crippen molar-refractivity contribution in [3.05, 3.63) is 58.5 Å². The molecule has 0 radical (unpaired) electrons. The highest BCUT2D eigenvalue weighted by Crippen LogP contribution is 2.34. The van der Waals surface area contributed by atoms with Gasteiger partial charge in [0, 0.05) is 18.7 Å². The molecule has 1 fully saturated rings. The van der Waals surface area contributed by atoms with Crippen molar-refractivity contribution in [1.29, 1.82) is 0 Å². The van der Waals surface area contributed by atoms with Crippen molar-refractivity contribution in [2.24, 2.45) is 0 Å². The number of benzene rings is 1. The monoisotopic (exact) mass is 319 g/mol. The molecule has 1 aromatic carbocycles. The summed E-state index contributed by atoms with van der Waals surface area (Å²) >= 11 is 6.07. The van der Waals surface area contributed by atoms with Crippen LogP contribution >= 0.6 is 11.6 Å². The highest BCUT2D eigenvalue weighted by atomic mass is 35.5. The van der Waals surface area contributed by atoms with Gasteiger partial charge in [-0.3, -0.25) is 4.79 Å². The molecule has 5 heteroatoms. The number of hydrogen-bond donors (Lipinski definition) is 0. The quantitative estimate of drug-likeness (QED) is 0.853. The minimum atomic E-state index is -0.0789. The van der Waals surface area contributed by atoms with Crippen molar-refractivity contribution in [1.82, 2.24) is 4.90 Å². The summed E-state index contributed by atoms with van der Waals surface area (Å²) in [5, 5.41) is 0.692. The average Bonchev–Trinajstić information content (AvgIpc) is 3.16. The summed E-state index contributed by atoms with van der Waals surface area (Å²) < 4.78 is 10.6. The van der Waals surface area contributed by atoms with Crippen molar-refractivity contribution in [3.8, 4) is 0 Å². The molecule has 1 aliphatic rings. The number of halogens is 1. The highest BCUT2D eigenvalue weighted by molar-refractivity contribution is 6.30. The number of nitrogens with zero attached hydrogens (tertiary/aromatic N) is 1. The summed E-state index contributed by atoms with van der Waals surface area (Å²) in [7, 11) is 1.60. The molecule has 1 saturated heterocycles. The summed E-state index contributed by atoms with van der Waals surface area (Å²) in [4.78, 5) is 14.6. The van der Waals surface area contributed by atoms with Gasteiger partial charge in [-0.15, -0.1) is 0 Å². The van der Waals surface area contributed by atoms with Gasteiger partial charge in [0.2, 0.25) is 0 Å². The van der Waals surface area contributed by atoms with E-state index in [0.717, 1.165) is 24.9 Å². The molecular weight excluding hydrogens is 302 g/mol. The van der Waals surface area contributed by atoms with E-state index in [1.807, 2.05) is 29.2 Å². The third kappa shape index (κ3) is 3.03. The molecular formula is C17H18ClNO3. The molecule has 0 bridgehead atoms. The molecule has 1 unspecified atom stereocenters. The van der Waals surface area contributed by atoms with Crippen LogP contribution in [0.3, 0.4) is 0 Å².